The van der Waals surface area contributed by atoms with E-state index in [9.17, 15) is 4.39 Å². The monoisotopic (exact) mass is 556 g/mol. The zero-order valence-electron chi connectivity index (χ0n) is 20.9. The van der Waals surface area contributed by atoms with Gasteiger partial charge in [0.25, 0.3) is 0 Å². The van der Waals surface area contributed by atoms with Crippen LogP contribution >= 0.6 is 35.0 Å². The van der Waals surface area contributed by atoms with Crippen molar-refractivity contribution in [1.82, 2.24) is 9.55 Å². The first-order valence-electron chi connectivity index (χ1n) is 12.0. The first kappa shape index (κ1) is 26.0. The highest BCUT2D eigenvalue weighted by Crippen LogP contribution is 2.47. The van der Waals surface area contributed by atoms with Gasteiger partial charge in [-0.3, -0.25) is 4.57 Å². The van der Waals surface area contributed by atoms with Gasteiger partial charge in [0, 0.05) is 26.9 Å². The second-order valence-corrected chi connectivity index (χ2v) is 11.0. The summed E-state index contributed by atoms with van der Waals surface area (Å²) in [5.41, 5.74) is 4.63. The van der Waals surface area contributed by atoms with Crippen LogP contribution in [0.25, 0.3) is 5.69 Å². The number of hydrogen-bond acceptors (Lipinski definition) is 4. The Hall–Kier alpha value is -2.67. The third-order valence-corrected chi connectivity index (χ3v) is 8.72. The van der Waals surface area contributed by atoms with Crippen molar-refractivity contribution >= 4 is 35.0 Å². The molecule has 1 aliphatic carbocycles. The van der Waals surface area contributed by atoms with Crippen LogP contribution in [0.4, 0.5) is 4.39 Å². The molecule has 4 aromatic rings. The van der Waals surface area contributed by atoms with Crippen molar-refractivity contribution in [2.45, 2.75) is 42.5 Å². The first-order valence-corrected chi connectivity index (χ1v) is 13.8. The number of halogens is 3. The SMILES string of the molecule is COc1ccc(C2(C)CCCc3nc(SCc4c(Cl)cccc4Cl)n(-c4ccc(F)cc4)c32)cc1OC. The number of hydrogen-bond donors (Lipinski definition) is 0. The molecule has 1 aromatic heterocycles. The number of aromatic nitrogens is 2. The summed E-state index contributed by atoms with van der Waals surface area (Å²) in [6, 6.07) is 18.2. The number of nitrogens with zero attached hydrogens (tertiary/aromatic N) is 2. The Morgan fingerprint density at radius 2 is 1.70 bits per heavy atom. The quantitative estimate of drug-likeness (QED) is 0.214. The highest BCUT2D eigenvalue weighted by atomic mass is 35.5. The van der Waals surface area contributed by atoms with Gasteiger partial charge in [0.1, 0.15) is 5.82 Å². The minimum Gasteiger partial charge on any atom is -0.493 e. The number of ether oxygens (including phenoxy) is 2. The molecule has 5 rings (SSSR count). The van der Waals surface area contributed by atoms with Gasteiger partial charge in [0.05, 0.1) is 25.6 Å². The fourth-order valence-electron chi connectivity index (χ4n) is 5.10. The van der Waals surface area contributed by atoms with E-state index in [1.807, 2.05) is 30.3 Å². The molecule has 3 aromatic carbocycles. The lowest BCUT2D eigenvalue weighted by Gasteiger charge is -2.36. The second-order valence-electron chi connectivity index (χ2n) is 9.25. The Kier molecular flexibility index (Phi) is 7.44. The Bertz CT molecular complexity index is 1420. The smallest absolute Gasteiger partial charge is 0.173 e. The van der Waals surface area contributed by atoms with Crippen molar-refractivity contribution in [3.05, 3.63) is 99.0 Å². The fraction of sp³-hybridized carbons (Fsp3) is 0.276. The van der Waals surface area contributed by atoms with E-state index in [-0.39, 0.29) is 11.2 Å². The van der Waals surface area contributed by atoms with Gasteiger partial charge in [-0.1, -0.05) is 47.1 Å². The van der Waals surface area contributed by atoms with Crippen LogP contribution in [0.3, 0.4) is 0 Å². The van der Waals surface area contributed by atoms with Crippen LogP contribution in [0.1, 0.15) is 42.3 Å². The minimum absolute atomic E-state index is 0.280. The predicted octanol–water partition coefficient (Wildman–Crippen LogP) is 8.27. The largest absolute Gasteiger partial charge is 0.493 e. The van der Waals surface area contributed by atoms with Gasteiger partial charge < -0.3 is 9.47 Å². The molecule has 0 amide bonds. The molecule has 192 valence electrons. The van der Waals surface area contributed by atoms with Crippen LogP contribution < -0.4 is 9.47 Å². The molecule has 4 nitrogen and oxygen atoms in total. The standard InChI is InChI=1S/C29H27Cl2FN2O2S/c1-29(18-9-14-25(35-2)26(16-18)36-3)15-5-8-24-27(29)34(20-12-10-19(32)11-13-20)28(33-24)37-17-21-22(30)6-4-7-23(21)31/h4,6-7,9-14,16H,5,8,15,17H2,1-3H3. The van der Waals surface area contributed by atoms with Gasteiger partial charge >= 0.3 is 0 Å². The van der Waals surface area contributed by atoms with Crippen LogP contribution in [0.15, 0.2) is 65.8 Å². The summed E-state index contributed by atoms with van der Waals surface area (Å²) < 4.78 is 27.2. The third kappa shape index (κ3) is 4.83. The zero-order chi connectivity index (χ0) is 26.2. The number of fused-ring (bicyclic) bond motifs is 1. The maximum atomic E-state index is 13.9. The molecular formula is C29H27Cl2FN2O2S. The van der Waals surface area contributed by atoms with Crippen molar-refractivity contribution in [2.24, 2.45) is 0 Å². The summed E-state index contributed by atoms with van der Waals surface area (Å²) in [7, 11) is 3.28. The summed E-state index contributed by atoms with van der Waals surface area (Å²) in [6.45, 7) is 2.24. The van der Waals surface area contributed by atoms with Crippen molar-refractivity contribution in [1.29, 1.82) is 0 Å². The Morgan fingerprint density at radius 1 is 1.00 bits per heavy atom. The molecule has 0 fully saturated rings. The topological polar surface area (TPSA) is 36.3 Å². The number of rotatable bonds is 7. The molecule has 0 aliphatic heterocycles. The van der Waals surface area contributed by atoms with Gasteiger partial charge in [-0.25, -0.2) is 9.37 Å². The second kappa shape index (κ2) is 10.6. The molecule has 37 heavy (non-hydrogen) atoms. The summed E-state index contributed by atoms with van der Waals surface area (Å²) in [4.78, 5) is 5.11. The lowest BCUT2D eigenvalue weighted by Crippen LogP contribution is -2.31. The molecule has 0 saturated heterocycles. The van der Waals surface area contributed by atoms with E-state index >= 15 is 0 Å². The van der Waals surface area contributed by atoms with Crippen LogP contribution in [0.2, 0.25) is 10.0 Å². The molecule has 1 unspecified atom stereocenters. The van der Waals surface area contributed by atoms with Crippen LogP contribution in [-0.2, 0) is 17.6 Å². The predicted molar refractivity (Wildman–Crippen MR) is 148 cm³/mol. The van der Waals surface area contributed by atoms with E-state index in [0.29, 0.717) is 27.3 Å². The fourth-order valence-corrected chi connectivity index (χ4v) is 6.88. The number of benzene rings is 3. The summed E-state index contributed by atoms with van der Waals surface area (Å²) in [5, 5.41) is 2.07. The highest BCUT2D eigenvalue weighted by molar-refractivity contribution is 7.98. The summed E-state index contributed by atoms with van der Waals surface area (Å²) in [6.07, 6.45) is 2.80. The number of thioether (sulfide) groups is 1. The van der Waals surface area contributed by atoms with Crippen LogP contribution in [0.5, 0.6) is 11.5 Å². The Labute approximate surface area is 230 Å². The maximum absolute atomic E-state index is 13.9. The van der Waals surface area contributed by atoms with Crippen LogP contribution in [0, 0.1) is 5.82 Å². The van der Waals surface area contributed by atoms with Crippen LogP contribution in [-0.4, -0.2) is 23.8 Å². The van der Waals surface area contributed by atoms with Crippen molar-refractivity contribution in [3.8, 4) is 17.2 Å². The molecular weight excluding hydrogens is 530 g/mol. The third-order valence-electron chi connectivity index (χ3n) is 7.04. The van der Waals surface area contributed by atoms with E-state index in [1.54, 1.807) is 38.1 Å². The lowest BCUT2D eigenvalue weighted by atomic mass is 9.71. The summed E-state index contributed by atoms with van der Waals surface area (Å²) in [5.74, 6) is 1.65. The van der Waals surface area contributed by atoms with Gasteiger partial charge in [-0.05, 0) is 85.8 Å². The lowest BCUT2D eigenvalue weighted by molar-refractivity contribution is 0.352. The Balaban J connectivity index is 1.66. The van der Waals surface area contributed by atoms with E-state index in [4.69, 9.17) is 37.7 Å². The van der Waals surface area contributed by atoms with E-state index in [2.05, 4.69) is 17.6 Å². The minimum atomic E-state index is -0.352. The molecule has 0 radical (unpaired) electrons. The average molecular weight is 558 g/mol. The van der Waals surface area contributed by atoms with Gasteiger partial charge in [0.15, 0.2) is 16.7 Å². The van der Waals surface area contributed by atoms with Gasteiger partial charge in [0.2, 0.25) is 0 Å². The van der Waals surface area contributed by atoms with Gasteiger partial charge in [-0.15, -0.1) is 0 Å². The van der Waals surface area contributed by atoms with Crippen molar-refractivity contribution in [3.63, 3.8) is 0 Å². The highest BCUT2D eigenvalue weighted by Gasteiger charge is 2.40. The van der Waals surface area contributed by atoms with E-state index in [0.717, 1.165) is 52.6 Å². The average Bonchev–Trinajstić information content (AvgIpc) is 3.28. The number of imidazole rings is 1. The number of aryl methyl sites for hydroxylation is 1. The number of methoxy groups -OCH3 is 2. The molecule has 0 saturated carbocycles. The zero-order valence-corrected chi connectivity index (χ0v) is 23.2. The van der Waals surface area contributed by atoms with Gasteiger partial charge in [-0.2, -0.15) is 0 Å². The molecule has 8 heteroatoms. The molecule has 1 atom stereocenters. The normalized spacial score (nSPS) is 16.9. The molecule has 1 heterocycles. The summed E-state index contributed by atoms with van der Waals surface area (Å²) >= 11 is 14.5. The first-order chi connectivity index (χ1) is 17.9. The Morgan fingerprint density at radius 3 is 2.38 bits per heavy atom. The van der Waals surface area contributed by atoms with Crippen molar-refractivity contribution in [2.75, 3.05) is 14.2 Å². The van der Waals surface area contributed by atoms with E-state index in [1.165, 1.54) is 12.1 Å². The molecule has 0 bridgehead atoms. The molecule has 1 aliphatic rings. The van der Waals surface area contributed by atoms with Crippen molar-refractivity contribution < 1.29 is 13.9 Å². The van der Waals surface area contributed by atoms with E-state index < -0.39 is 0 Å². The molecule has 0 N–H and O–H groups in total. The molecule has 0 spiro atoms. The maximum Gasteiger partial charge on any atom is 0.173 e.